The maximum Gasteiger partial charge on any atom is 0.416 e. The Morgan fingerprint density at radius 1 is 1.25 bits per heavy atom. The number of rotatable bonds is 3. The number of carbonyl (C=O) groups is 1. The zero-order valence-corrected chi connectivity index (χ0v) is 14.7. The molecule has 0 saturated carbocycles. The van der Waals surface area contributed by atoms with Crippen molar-refractivity contribution < 1.29 is 23.1 Å². The lowest BCUT2D eigenvalue weighted by Gasteiger charge is -2.35. The van der Waals surface area contributed by atoms with E-state index in [9.17, 15) is 23.1 Å². The molecule has 2 unspecified atom stereocenters. The minimum absolute atomic E-state index is 0.0844. The van der Waals surface area contributed by atoms with Gasteiger partial charge in [-0.1, -0.05) is 18.2 Å². The maximum atomic E-state index is 13.1. The molecule has 0 aromatic heterocycles. The normalized spacial score (nSPS) is 21.9. The van der Waals surface area contributed by atoms with Crippen molar-refractivity contribution in [3.63, 3.8) is 0 Å². The lowest BCUT2D eigenvalue weighted by molar-refractivity contribution is -0.137. The van der Waals surface area contributed by atoms with Crippen LogP contribution in [0.5, 0.6) is 0 Å². The first-order chi connectivity index (χ1) is 11.0. The SMILES string of the molecule is CC1=NC(C)=C(C(=O)O)C(c2cccc(C(F)(F)F)c2)C1P(C)C. The van der Waals surface area contributed by atoms with Crippen LogP contribution in [0.3, 0.4) is 0 Å². The van der Waals surface area contributed by atoms with Crippen LogP contribution >= 0.6 is 7.92 Å². The molecule has 2 atom stereocenters. The number of nitrogens with zero attached hydrogens (tertiary/aromatic N) is 1. The molecule has 0 spiro atoms. The van der Waals surface area contributed by atoms with Gasteiger partial charge in [-0.05, 0) is 38.8 Å². The van der Waals surface area contributed by atoms with E-state index in [-0.39, 0.29) is 11.2 Å². The summed E-state index contributed by atoms with van der Waals surface area (Å²) in [7, 11) is -0.639. The Balaban J connectivity index is 2.67. The van der Waals surface area contributed by atoms with Gasteiger partial charge in [0, 0.05) is 23.0 Å². The van der Waals surface area contributed by atoms with Gasteiger partial charge in [0.1, 0.15) is 0 Å². The molecular formula is C17H19F3NO2P. The van der Waals surface area contributed by atoms with Crippen LogP contribution in [0.4, 0.5) is 13.2 Å². The Bertz CT molecular complexity index is 723. The van der Waals surface area contributed by atoms with E-state index in [0.29, 0.717) is 11.3 Å². The van der Waals surface area contributed by atoms with E-state index in [1.54, 1.807) is 13.0 Å². The number of hydrogen-bond acceptors (Lipinski definition) is 2. The maximum absolute atomic E-state index is 13.1. The van der Waals surface area contributed by atoms with Gasteiger partial charge < -0.3 is 5.11 Å². The molecule has 2 rings (SSSR count). The summed E-state index contributed by atoms with van der Waals surface area (Å²) >= 11 is 0. The Morgan fingerprint density at radius 3 is 2.38 bits per heavy atom. The van der Waals surface area contributed by atoms with Gasteiger partial charge in [0.05, 0.1) is 11.1 Å². The first-order valence-electron chi connectivity index (χ1n) is 7.37. The van der Waals surface area contributed by atoms with E-state index in [0.717, 1.165) is 17.8 Å². The van der Waals surface area contributed by atoms with Gasteiger partial charge >= 0.3 is 12.1 Å². The highest BCUT2D eigenvalue weighted by molar-refractivity contribution is 7.58. The number of aliphatic carboxylic acids is 1. The summed E-state index contributed by atoms with van der Waals surface area (Å²) in [5, 5.41) is 9.61. The second-order valence-electron chi connectivity index (χ2n) is 6.07. The van der Waals surface area contributed by atoms with Crippen LogP contribution in [-0.4, -0.2) is 35.8 Å². The van der Waals surface area contributed by atoms with Crippen molar-refractivity contribution in [3.8, 4) is 0 Å². The highest BCUT2D eigenvalue weighted by atomic mass is 31.1. The lowest BCUT2D eigenvalue weighted by atomic mass is 9.83. The second kappa shape index (κ2) is 6.67. The largest absolute Gasteiger partial charge is 0.478 e. The first-order valence-corrected chi connectivity index (χ1v) is 9.67. The van der Waals surface area contributed by atoms with Crippen LogP contribution in [0.25, 0.3) is 0 Å². The Labute approximate surface area is 140 Å². The molecule has 0 radical (unpaired) electrons. The van der Waals surface area contributed by atoms with Gasteiger partial charge in [-0.25, -0.2) is 4.79 Å². The monoisotopic (exact) mass is 357 g/mol. The summed E-state index contributed by atoms with van der Waals surface area (Å²) in [4.78, 5) is 16.1. The molecule has 1 N–H and O–H groups in total. The van der Waals surface area contributed by atoms with Gasteiger partial charge in [-0.3, -0.25) is 4.99 Å². The summed E-state index contributed by atoms with van der Waals surface area (Å²) in [5.74, 6) is -1.75. The fraction of sp³-hybridized carbons (Fsp3) is 0.412. The third-order valence-corrected chi connectivity index (χ3v) is 5.93. The first kappa shape index (κ1) is 18.7. The molecule has 1 aromatic rings. The van der Waals surface area contributed by atoms with Gasteiger partial charge in [-0.15, -0.1) is 7.92 Å². The van der Waals surface area contributed by atoms with Crippen LogP contribution in [0, 0.1) is 0 Å². The number of allylic oxidation sites excluding steroid dienone is 1. The lowest BCUT2D eigenvalue weighted by Crippen LogP contribution is -2.32. The number of carboxylic acids is 1. The van der Waals surface area contributed by atoms with Crippen molar-refractivity contribution in [2.75, 3.05) is 13.3 Å². The van der Waals surface area contributed by atoms with Crippen molar-refractivity contribution >= 4 is 19.6 Å². The van der Waals surface area contributed by atoms with Crippen LogP contribution in [0.15, 0.2) is 40.5 Å². The molecular weight excluding hydrogens is 338 g/mol. The Morgan fingerprint density at radius 2 is 1.88 bits per heavy atom. The molecule has 3 nitrogen and oxygen atoms in total. The third-order valence-electron chi connectivity index (χ3n) is 4.15. The summed E-state index contributed by atoms with van der Waals surface area (Å²) in [6.45, 7) is 7.38. The molecule has 0 fully saturated rings. The molecule has 1 aliphatic rings. The zero-order valence-electron chi connectivity index (χ0n) is 13.8. The fourth-order valence-corrected chi connectivity index (χ4v) is 4.95. The number of carboxylic acid groups (broad SMARTS) is 1. The number of aliphatic imine (C=N–C) groups is 1. The summed E-state index contributed by atoms with van der Waals surface area (Å²) < 4.78 is 39.2. The Kier molecular flexibility index (Phi) is 5.19. The number of halogens is 3. The number of alkyl halides is 3. The average Bonchev–Trinajstić information content (AvgIpc) is 2.44. The molecule has 0 saturated heterocycles. The molecule has 1 heterocycles. The van der Waals surface area contributed by atoms with E-state index in [1.165, 1.54) is 6.07 Å². The molecule has 1 aromatic carbocycles. The standard InChI is InChI=1S/C17H19F3NO2P/c1-9-13(16(22)23)14(15(24(3)4)10(2)21-9)11-6-5-7-12(8-11)17(18,19)20/h5-8,14-15H,1-4H3,(H,22,23). The van der Waals surface area contributed by atoms with Crippen molar-refractivity contribution in [3.05, 3.63) is 46.7 Å². The molecule has 0 amide bonds. The molecule has 130 valence electrons. The highest BCUT2D eigenvalue weighted by Gasteiger charge is 2.39. The summed E-state index contributed by atoms with van der Waals surface area (Å²) in [6, 6.07) is 4.96. The molecule has 0 bridgehead atoms. The van der Waals surface area contributed by atoms with Gasteiger partial charge in [0.2, 0.25) is 0 Å². The van der Waals surface area contributed by atoms with Gasteiger partial charge in [0.15, 0.2) is 0 Å². The zero-order chi connectivity index (χ0) is 18.2. The van der Waals surface area contributed by atoms with Crippen LogP contribution in [0.1, 0.15) is 30.9 Å². The average molecular weight is 357 g/mol. The van der Waals surface area contributed by atoms with Crippen molar-refractivity contribution in [2.24, 2.45) is 4.99 Å². The van der Waals surface area contributed by atoms with E-state index < -0.39 is 31.5 Å². The predicted molar refractivity (Wildman–Crippen MR) is 90.2 cm³/mol. The third kappa shape index (κ3) is 3.54. The van der Waals surface area contributed by atoms with Gasteiger partial charge in [-0.2, -0.15) is 13.2 Å². The summed E-state index contributed by atoms with van der Waals surface area (Å²) in [6.07, 6.45) is -4.46. The van der Waals surface area contributed by atoms with E-state index in [1.807, 2.05) is 20.3 Å². The molecule has 1 aliphatic heterocycles. The van der Waals surface area contributed by atoms with Crippen molar-refractivity contribution in [1.29, 1.82) is 0 Å². The van der Waals surface area contributed by atoms with Crippen LogP contribution in [-0.2, 0) is 11.0 Å². The molecule has 24 heavy (non-hydrogen) atoms. The van der Waals surface area contributed by atoms with Crippen molar-refractivity contribution in [2.45, 2.75) is 31.6 Å². The number of hydrogen-bond donors (Lipinski definition) is 1. The molecule has 7 heteroatoms. The topological polar surface area (TPSA) is 49.7 Å². The van der Waals surface area contributed by atoms with Crippen LogP contribution < -0.4 is 0 Å². The van der Waals surface area contributed by atoms with E-state index >= 15 is 0 Å². The smallest absolute Gasteiger partial charge is 0.416 e. The van der Waals surface area contributed by atoms with Crippen LogP contribution in [0.2, 0.25) is 0 Å². The second-order valence-corrected chi connectivity index (χ2v) is 8.55. The highest BCUT2D eigenvalue weighted by Crippen LogP contribution is 2.49. The Hall–Kier alpha value is -1.68. The molecule has 0 aliphatic carbocycles. The quantitative estimate of drug-likeness (QED) is 0.795. The predicted octanol–water partition coefficient (Wildman–Crippen LogP) is 4.73. The van der Waals surface area contributed by atoms with E-state index in [4.69, 9.17) is 0 Å². The van der Waals surface area contributed by atoms with Gasteiger partial charge in [0.25, 0.3) is 0 Å². The van der Waals surface area contributed by atoms with Crippen molar-refractivity contribution in [1.82, 2.24) is 0 Å². The fourth-order valence-electron chi connectivity index (χ4n) is 3.23. The number of benzene rings is 1. The minimum Gasteiger partial charge on any atom is -0.478 e. The van der Waals surface area contributed by atoms with E-state index in [2.05, 4.69) is 4.99 Å². The minimum atomic E-state index is -4.46. The summed E-state index contributed by atoms with van der Waals surface area (Å²) in [5.41, 5.74) is 0.626.